The molecule has 1 saturated heterocycles. The van der Waals surface area contributed by atoms with E-state index in [9.17, 15) is 4.79 Å². The zero-order valence-electron chi connectivity index (χ0n) is 13.8. The van der Waals surface area contributed by atoms with Crippen LogP contribution in [-0.4, -0.2) is 23.5 Å². The largest absolute Gasteiger partial charge is 0.457 e. The number of nitrogens with one attached hydrogen (secondary N) is 1. The van der Waals surface area contributed by atoms with Crippen LogP contribution in [0.5, 0.6) is 0 Å². The molecular formula is C19H27NO2S. The van der Waals surface area contributed by atoms with Gasteiger partial charge in [0, 0.05) is 29.7 Å². The summed E-state index contributed by atoms with van der Waals surface area (Å²) in [7, 11) is 0. The summed E-state index contributed by atoms with van der Waals surface area (Å²) >= 11 is 2.12. The van der Waals surface area contributed by atoms with Gasteiger partial charge in [0.15, 0.2) is 0 Å². The van der Waals surface area contributed by atoms with Crippen LogP contribution < -0.4 is 5.32 Å². The van der Waals surface area contributed by atoms with E-state index in [1.807, 2.05) is 0 Å². The Labute approximate surface area is 143 Å². The highest BCUT2D eigenvalue weighted by atomic mass is 32.2. The average Bonchev–Trinajstić information content (AvgIpc) is 2.60. The lowest BCUT2D eigenvalue weighted by atomic mass is 10.0. The molecule has 1 unspecified atom stereocenters. The average molecular weight is 333 g/mol. The van der Waals surface area contributed by atoms with Gasteiger partial charge in [0.05, 0.1) is 0 Å². The van der Waals surface area contributed by atoms with Crippen LogP contribution in [0.4, 0.5) is 5.69 Å². The molecule has 3 rings (SSSR count). The molecule has 0 aromatic heterocycles. The Bertz CT molecular complexity index is 497. The Balaban J connectivity index is 1.39. The maximum absolute atomic E-state index is 11.4. The van der Waals surface area contributed by atoms with Crippen LogP contribution >= 0.6 is 11.8 Å². The van der Waals surface area contributed by atoms with E-state index in [-0.39, 0.29) is 12.1 Å². The summed E-state index contributed by atoms with van der Waals surface area (Å²) in [6.07, 6.45) is 9.45. The number of thioether (sulfide) groups is 1. The molecule has 1 aromatic carbocycles. The molecule has 2 fully saturated rings. The van der Waals surface area contributed by atoms with E-state index in [0.717, 1.165) is 35.9 Å². The van der Waals surface area contributed by atoms with Gasteiger partial charge in [-0.3, -0.25) is 4.79 Å². The van der Waals surface area contributed by atoms with Crippen LogP contribution in [-0.2, 0) is 9.53 Å². The van der Waals surface area contributed by atoms with Crippen molar-refractivity contribution in [1.82, 2.24) is 0 Å². The van der Waals surface area contributed by atoms with Gasteiger partial charge in [0.2, 0.25) is 0 Å². The Morgan fingerprint density at radius 2 is 1.83 bits per heavy atom. The number of anilines is 1. The molecule has 23 heavy (non-hydrogen) atoms. The fourth-order valence-electron chi connectivity index (χ4n) is 3.41. The number of cyclic esters (lactones) is 1. The molecule has 1 aliphatic heterocycles. The molecule has 1 saturated carbocycles. The second-order valence-corrected chi connectivity index (χ2v) is 7.96. The molecule has 126 valence electrons. The number of hydrogen-bond acceptors (Lipinski definition) is 4. The fraction of sp³-hybridized carbons (Fsp3) is 0.632. The van der Waals surface area contributed by atoms with Gasteiger partial charge in [-0.1, -0.05) is 31.4 Å². The highest BCUT2D eigenvalue weighted by Gasteiger charge is 2.21. The molecule has 2 aliphatic rings. The van der Waals surface area contributed by atoms with Crippen molar-refractivity contribution in [3.63, 3.8) is 0 Å². The van der Waals surface area contributed by atoms with E-state index in [1.54, 1.807) is 0 Å². The van der Waals surface area contributed by atoms with Gasteiger partial charge in [-0.25, -0.2) is 0 Å². The van der Waals surface area contributed by atoms with E-state index < -0.39 is 0 Å². The van der Waals surface area contributed by atoms with Gasteiger partial charge >= 0.3 is 5.97 Å². The molecule has 1 atom stereocenters. The summed E-state index contributed by atoms with van der Waals surface area (Å²) in [6, 6.07) is 8.37. The van der Waals surface area contributed by atoms with E-state index >= 15 is 0 Å². The van der Waals surface area contributed by atoms with Crippen molar-refractivity contribution in [2.75, 3.05) is 17.6 Å². The summed E-state index contributed by atoms with van der Waals surface area (Å²) in [4.78, 5) is 11.4. The van der Waals surface area contributed by atoms with Crippen LogP contribution in [0.15, 0.2) is 24.3 Å². The minimum Gasteiger partial charge on any atom is -0.457 e. The number of carbonyl (C=O) groups excluding carboxylic acids is 1. The molecule has 1 heterocycles. The second kappa shape index (κ2) is 8.62. The summed E-state index contributed by atoms with van der Waals surface area (Å²) in [5, 5.41) is 4.38. The van der Waals surface area contributed by atoms with Crippen molar-refractivity contribution >= 4 is 23.4 Å². The summed E-state index contributed by atoms with van der Waals surface area (Å²) in [6.45, 7) is 1.01. The number of benzene rings is 1. The maximum Gasteiger partial charge on any atom is 0.306 e. The Morgan fingerprint density at radius 3 is 2.57 bits per heavy atom. The molecule has 1 aromatic rings. The Hall–Kier alpha value is -1.16. The van der Waals surface area contributed by atoms with E-state index in [4.69, 9.17) is 4.74 Å². The van der Waals surface area contributed by atoms with Crippen LogP contribution in [0.25, 0.3) is 0 Å². The maximum atomic E-state index is 11.4. The van der Waals surface area contributed by atoms with Gasteiger partial charge in [-0.05, 0) is 43.4 Å². The minimum absolute atomic E-state index is 0.0489. The summed E-state index contributed by atoms with van der Waals surface area (Å²) in [5.41, 5.74) is 2.26. The zero-order valence-corrected chi connectivity index (χ0v) is 14.6. The fourth-order valence-corrected chi connectivity index (χ4v) is 4.63. The van der Waals surface area contributed by atoms with E-state index in [0.29, 0.717) is 6.42 Å². The van der Waals surface area contributed by atoms with Crippen LogP contribution in [0, 0.1) is 0 Å². The van der Waals surface area contributed by atoms with Crippen molar-refractivity contribution in [3.05, 3.63) is 29.8 Å². The van der Waals surface area contributed by atoms with Crippen LogP contribution in [0.1, 0.15) is 63.0 Å². The number of hydrogen-bond donors (Lipinski definition) is 1. The third-order valence-corrected chi connectivity index (χ3v) is 6.12. The molecule has 3 nitrogen and oxygen atoms in total. The first-order valence-electron chi connectivity index (χ1n) is 8.96. The van der Waals surface area contributed by atoms with Gasteiger partial charge in [-0.2, -0.15) is 11.8 Å². The number of esters is 1. The first kappa shape index (κ1) is 16.7. The minimum atomic E-state index is -0.0665. The van der Waals surface area contributed by atoms with Crippen molar-refractivity contribution < 1.29 is 9.53 Å². The monoisotopic (exact) mass is 333 g/mol. The lowest BCUT2D eigenvalue weighted by Crippen LogP contribution is -2.17. The van der Waals surface area contributed by atoms with Crippen molar-refractivity contribution in [3.8, 4) is 0 Å². The van der Waals surface area contributed by atoms with E-state index in [2.05, 4.69) is 41.3 Å². The van der Waals surface area contributed by atoms with Crippen LogP contribution in [0.2, 0.25) is 0 Å². The van der Waals surface area contributed by atoms with Gasteiger partial charge in [0.25, 0.3) is 0 Å². The topological polar surface area (TPSA) is 38.3 Å². The van der Waals surface area contributed by atoms with Gasteiger partial charge < -0.3 is 10.1 Å². The molecule has 4 heteroatoms. The van der Waals surface area contributed by atoms with E-state index in [1.165, 1.54) is 37.9 Å². The molecule has 1 N–H and O–H groups in total. The highest BCUT2D eigenvalue weighted by molar-refractivity contribution is 7.99. The molecule has 0 radical (unpaired) electrons. The lowest BCUT2D eigenvalue weighted by Gasteiger charge is -2.23. The number of ether oxygens (including phenoxy) is 1. The predicted octanol–water partition coefficient (Wildman–Crippen LogP) is 4.93. The molecular weight excluding hydrogens is 306 g/mol. The van der Waals surface area contributed by atoms with Gasteiger partial charge in [0.1, 0.15) is 6.10 Å². The molecule has 0 bridgehead atoms. The highest BCUT2D eigenvalue weighted by Crippen LogP contribution is 2.30. The van der Waals surface area contributed by atoms with Crippen molar-refractivity contribution in [2.45, 2.75) is 62.7 Å². The van der Waals surface area contributed by atoms with Crippen molar-refractivity contribution in [2.24, 2.45) is 0 Å². The van der Waals surface area contributed by atoms with Crippen molar-refractivity contribution in [1.29, 1.82) is 0 Å². The molecule has 0 amide bonds. The zero-order chi connectivity index (χ0) is 15.9. The SMILES string of the molecule is O=C1CCCC(c2ccc(NCCSC3CCCCC3)cc2)O1. The predicted molar refractivity (Wildman–Crippen MR) is 96.9 cm³/mol. The summed E-state index contributed by atoms with van der Waals surface area (Å²) in [5.74, 6) is 1.11. The summed E-state index contributed by atoms with van der Waals surface area (Å²) < 4.78 is 5.42. The Kier molecular flexibility index (Phi) is 6.26. The van der Waals surface area contributed by atoms with Gasteiger partial charge in [-0.15, -0.1) is 0 Å². The Morgan fingerprint density at radius 1 is 1.04 bits per heavy atom. The third-order valence-electron chi connectivity index (χ3n) is 4.74. The third kappa shape index (κ3) is 5.17. The first-order chi connectivity index (χ1) is 11.3. The standard InChI is InChI=1S/C19H27NO2S/c21-19-8-4-7-18(22-19)15-9-11-16(12-10-15)20-13-14-23-17-5-2-1-3-6-17/h9-12,17-18,20H,1-8,13-14H2. The number of rotatable bonds is 6. The lowest BCUT2D eigenvalue weighted by molar-refractivity contribution is -0.154. The smallest absolute Gasteiger partial charge is 0.306 e. The molecule has 1 aliphatic carbocycles. The first-order valence-corrected chi connectivity index (χ1v) is 10.0. The molecule has 0 spiro atoms. The normalized spacial score (nSPS) is 22.6. The number of carbonyl (C=O) groups is 1. The quantitative estimate of drug-likeness (QED) is 0.591. The van der Waals surface area contributed by atoms with Crippen LogP contribution in [0.3, 0.4) is 0 Å². The second-order valence-electron chi connectivity index (χ2n) is 6.55.